The smallest absolute Gasteiger partial charge is 0.354 e. The molecule has 6 aromatic heterocycles. The Morgan fingerprint density at radius 2 is 0.562 bits per heavy atom. The van der Waals surface area contributed by atoms with Gasteiger partial charge in [0.25, 0.3) is 0 Å². The largest absolute Gasteiger partial charge is 0.477 e. The molecule has 0 atom stereocenters. The van der Waals surface area contributed by atoms with Crippen molar-refractivity contribution in [2.75, 3.05) is 0 Å². The molecule has 3 aliphatic carbocycles. The zero-order chi connectivity index (χ0) is 94.3. The SMILES string of the molecule is CCC1(CC)c2ccccc2-c2cc3c(-c4cccc(C)c4)cc(-c4[c-]c(C)cc(C)c4)nc3cc21.CCC1(CC)c2ccccc2-c2cc3c(-c4ccccc4)cc(-c4[c-]c(C)cc(C)c4)nc3cc21.CCC1(CC)c2ccccc2-c2cc3c(-c4ccccc4C)cc(-c4[c-]c(C)cc(C)c4)nc3cc21.O=C(O)c1ccccn1.O=C(O)c1ccccn1.O=C(O)c1ccccn1.[Ir].[Ir].[Ir]. The van der Waals surface area contributed by atoms with Gasteiger partial charge in [-0.05, 0) is 248 Å². The maximum Gasteiger partial charge on any atom is 0.354 e. The molecule has 0 aliphatic heterocycles. The summed E-state index contributed by atoms with van der Waals surface area (Å²) in [5.41, 5.74) is 43.6. The summed E-state index contributed by atoms with van der Waals surface area (Å²) < 4.78 is 0. The molecular formula is C122H109Ir3N6O6-3. The van der Waals surface area contributed by atoms with Gasteiger partial charge in [-0.2, -0.15) is 0 Å². The molecule has 0 amide bonds. The van der Waals surface area contributed by atoms with Crippen molar-refractivity contribution >= 4 is 50.6 Å². The van der Waals surface area contributed by atoms with Crippen molar-refractivity contribution in [1.29, 1.82) is 0 Å². The fourth-order valence-electron chi connectivity index (χ4n) is 20.5. The number of hydrogen-bond donors (Lipinski definition) is 3. The van der Waals surface area contributed by atoms with Gasteiger partial charge in [0.05, 0.1) is 16.6 Å². The number of carbonyl (C=O) groups is 3. The van der Waals surface area contributed by atoms with E-state index in [1.165, 1.54) is 181 Å². The Hall–Kier alpha value is -13.3. The van der Waals surface area contributed by atoms with Crippen LogP contribution in [0.2, 0.25) is 0 Å². The van der Waals surface area contributed by atoms with Crippen LogP contribution in [0.3, 0.4) is 0 Å². The molecule has 15 heteroatoms. The van der Waals surface area contributed by atoms with Gasteiger partial charge in [0, 0.05) is 111 Å². The number of carboxylic acids is 3. The average Bonchev–Trinajstić information content (AvgIpc) is 1.57. The molecule has 0 saturated heterocycles. The van der Waals surface area contributed by atoms with Crippen molar-refractivity contribution in [2.24, 2.45) is 0 Å². The predicted octanol–water partition coefficient (Wildman–Crippen LogP) is 30.2. The minimum Gasteiger partial charge on any atom is -0.477 e. The Kier molecular flexibility index (Phi) is 32.3. The van der Waals surface area contributed by atoms with E-state index >= 15 is 0 Å². The van der Waals surface area contributed by atoms with E-state index in [4.69, 9.17) is 30.3 Å². The summed E-state index contributed by atoms with van der Waals surface area (Å²) in [7, 11) is 0. The van der Waals surface area contributed by atoms with E-state index in [-0.39, 0.29) is 93.6 Å². The van der Waals surface area contributed by atoms with Gasteiger partial charge in [-0.1, -0.05) is 277 Å². The van der Waals surface area contributed by atoms with Crippen LogP contribution in [0.4, 0.5) is 0 Å². The van der Waals surface area contributed by atoms with Gasteiger partial charge in [0.2, 0.25) is 0 Å². The van der Waals surface area contributed by atoms with Crippen molar-refractivity contribution in [3.63, 3.8) is 0 Å². The van der Waals surface area contributed by atoms with E-state index in [1.54, 1.807) is 36.4 Å². The Labute approximate surface area is 844 Å². The van der Waals surface area contributed by atoms with E-state index in [1.807, 2.05) is 0 Å². The van der Waals surface area contributed by atoms with E-state index in [0.717, 1.165) is 106 Å². The Balaban J connectivity index is 0.000000151. The van der Waals surface area contributed by atoms with Crippen molar-refractivity contribution in [3.05, 3.63) is 429 Å². The number of aromatic nitrogens is 6. The molecule has 3 N–H and O–H groups in total. The average molecular weight is 2330 g/mol. The maximum absolute atomic E-state index is 10.1. The molecule has 0 fully saturated rings. The summed E-state index contributed by atoms with van der Waals surface area (Å²) in [5, 5.41) is 28.6. The number of aryl methyl sites for hydroxylation is 8. The fraction of sp³-hybridized carbons (Fsp3) is 0.189. The van der Waals surface area contributed by atoms with E-state index in [0.29, 0.717) is 0 Å². The third-order valence-electron chi connectivity index (χ3n) is 27.0. The van der Waals surface area contributed by atoms with E-state index < -0.39 is 17.9 Å². The van der Waals surface area contributed by atoms with E-state index in [2.05, 4.69) is 373 Å². The number of fused-ring (bicyclic) bond motifs is 12. The molecule has 0 unspecified atom stereocenters. The molecule has 6 heterocycles. The second-order valence-corrected chi connectivity index (χ2v) is 35.3. The molecule has 3 aliphatic rings. The minimum atomic E-state index is -0.990. The second-order valence-electron chi connectivity index (χ2n) is 35.3. The van der Waals surface area contributed by atoms with Gasteiger partial charge in [-0.3, -0.25) is 15.0 Å². The number of aromatic carboxylic acids is 3. The molecule has 0 bridgehead atoms. The molecule has 18 aromatic rings. The molecule has 12 aromatic carbocycles. The van der Waals surface area contributed by atoms with Gasteiger partial charge in [0.1, 0.15) is 17.1 Å². The quantitative estimate of drug-likeness (QED) is 0.0825. The molecule has 12 nitrogen and oxygen atoms in total. The van der Waals surface area contributed by atoms with Crippen LogP contribution in [-0.2, 0) is 76.6 Å². The minimum absolute atomic E-state index is 0. The molecule has 0 spiro atoms. The van der Waals surface area contributed by atoms with Gasteiger partial charge >= 0.3 is 17.9 Å². The summed E-state index contributed by atoms with van der Waals surface area (Å²) in [6, 6.07) is 114. The predicted molar refractivity (Wildman–Crippen MR) is 546 cm³/mol. The third-order valence-corrected chi connectivity index (χ3v) is 27.0. The first-order valence-electron chi connectivity index (χ1n) is 46.3. The van der Waals surface area contributed by atoms with Crippen LogP contribution in [0.5, 0.6) is 0 Å². The zero-order valence-corrected chi connectivity index (χ0v) is 86.7. The van der Waals surface area contributed by atoms with Crippen molar-refractivity contribution in [2.45, 2.75) is 152 Å². The summed E-state index contributed by atoms with van der Waals surface area (Å²) in [6.45, 7) is 31.1. The molecular weight excluding hydrogens is 2220 g/mol. The molecule has 3 radical (unpaired) electrons. The summed E-state index contributed by atoms with van der Waals surface area (Å²) in [4.78, 5) is 57.0. The molecule has 0 saturated carbocycles. The first-order chi connectivity index (χ1) is 64.8. The molecule has 693 valence electrons. The normalized spacial score (nSPS) is 12.4. The summed E-state index contributed by atoms with van der Waals surface area (Å²) in [6.07, 6.45) is 10.8. The van der Waals surface area contributed by atoms with Gasteiger partial charge in [-0.25, -0.2) is 29.3 Å². The third kappa shape index (κ3) is 20.6. The monoisotopic (exact) mass is 2330 g/mol. The maximum atomic E-state index is 10.1. The topological polar surface area (TPSA) is 189 Å². The van der Waals surface area contributed by atoms with Crippen LogP contribution in [0.25, 0.3) is 133 Å². The van der Waals surface area contributed by atoms with Crippen LogP contribution in [0.1, 0.15) is 189 Å². The fourth-order valence-corrected chi connectivity index (χ4v) is 20.5. The Bertz CT molecular complexity index is 7310. The number of nitrogens with zero attached hydrogens (tertiary/aromatic N) is 6. The number of pyridine rings is 6. The standard InChI is InChI=1S/2C35H32N.C34H30N.3C6H5NO2.3Ir/c1-6-35(7-2)31-14-9-8-13-27(31)29-19-30-28(25-12-10-11-22(3)16-25)20-33(36-34(30)21-32(29)35)26-17-23(4)15-24(5)18-26;1-6-35(7-2)31-15-11-10-14-27(31)29-19-30-28(26-13-9-8-12-24(26)5)20-33(36-34(30)21-32(29)35)25-17-22(3)16-23(4)18-25;1-5-34(6-2)30-15-11-10-14-26(30)28-19-29-27(24-12-8-7-9-13-24)20-32(35-33(29)21-31(28)34)25-17-22(3)16-23(4)18-25;3*8-6(9)5-3-1-2-4-7-5;;;/h2*8-17,19-21H,6-7H2,1-5H3;7-17,19-21H,5-6H2,1-4H3;3*1-4H,(H,8,9);;;/q3*-1;;;;;;. The van der Waals surface area contributed by atoms with Crippen molar-refractivity contribution < 1.29 is 90.0 Å². The zero-order valence-electron chi connectivity index (χ0n) is 79.5. The number of rotatable bonds is 15. The van der Waals surface area contributed by atoms with Crippen LogP contribution in [0, 0.1) is 73.6 Å². The van der Waals surface area contributed by atoms with E-state index in [9.17, 15) is 14.4 Å². The van der Waals surface area contributed by atoms with Gasteiger partial charge < -0.3 is 15.3 Å². The number of carboxylic acid groups (broad SMARTS) is 3. The summed E-state index contributed by atoms with van der Waals surface area (Å²) in [5.74, 6) is -2.97. The molecule has 21 rings (SSSR count). The Morgan fingerprint density at radius 1 is 0.263 bits per heavy atom. The van der Waals surface area contributed by atoms with Crippen LogP contribution in [-0.4, -0.2) is 63.1 Å². The van der Waals surface area contributed by atoms with Crippen molar-refractivity contribution in [1.82, 2.24) is 29.9 Å². The van der Waals surface area contributed by atoms with Crippen LogP contribution < -0.4 is 0 Å². The first-order valence-corrected chi connectivity index (χ1v) is 46.3. The second kappa shape index (κ2) is 43.8. The Morgan fingerprint density at radius 3 is 0.869 bits per heavy atom. The van der Waals surface area contributed by atoms with Crippen molar-refractivity contribution in [3.8, 4) is 101 Å². The van der Waals surface area contributed by atoms with Crippen LogP contribution >= 0.6 is 0 Å². The number of benzene rings is 12. The molecule has 137 heavy (non-hydrogen) atoms. The first kappa shape index (κ1) is 101. The van der Waals surface area contributed by atoms with Gasteiger partial charge in [-0.15, -0.1) is 105 Å². The summed E-state index contributed by atoms with van der Waals surface area (Å²) >= 11 is 0. The van der Waals surface area contributed by atoms with Crippen LogP contribution in [0.15, 0.2) is 316 Å². The number of hydrogen-bond acceptors (Lipinski definition) is 9. The van der Waals surface area contributed by atoms with Gasteiger partial charge in [0.15, 0.2) is 0 Å².